The van der Waals surface area contributed by atoms with Crippen LogP contribution in [0.25, 0.3) is 0 Å². The summed E-state index contributed by atoms with van der Waals surface area (Å²) in [6.07, 6.45) is 2.67. The van der Waals surface area contributed by atoms with Gasteiger partial charge in [0.1, 0.15) is 6.04 Å². The molecule has 0 bridgehead atoms. The number of nitrogens with one attached hydrogen (secondary N) is 2. The highest BCUT2D eigenvalue weighted by Gasteiger charge is 2.23. The molecule has 2 amide bonds. The van der Waals surface area contributed by atoms with Crippen molar-refractivity contribution in [3.63, 3.8) is 0 Å². The molecule has 1 saturated heterocycles. The third-order valence-electron chi connectivity index (χ3n) is 3.23. The van der Waals surface area contributed by atoms with Crippen molar-refractivity contribution in [2.24, 2.45) is 0 Å². The summed E-state index contributed by atoms with van der Waals surface area (Å²) in [5.74, 6) is -0.205. The van der Waals surface area contributed by atoms with E-state index >= 15 is 0 Å². The van der Waals surface area contributed by atoms with Crippen molar-refractivity contribution < 1.29 is 9.59 Å². The van der Waals surface area contributed by atoms with Gasteiger partial charge in [-0.05, 0) is 44.7 Å². The van der Waals surface area contributed by atoms with E-state index in [2.05, 4.69) is 10.6 Å². The summed E-state index contributed by atoms with van der Waals surface area (Å²) in [7, 11) is 0. The van der Waals surface area contributed by atoms with E-state index < -0.39 is 0 Å². The monoisotopic (exact) mass is 266 g/mol. The fourth-order valence-electron chi connectivity index (χ4n) is 1.99. The number of rotatable bonds is 2. The second-order valence-corrected chi connectivity index (χ2v) is 5.92. The molecule has 1 unspecified atom stereocenters. The molecular weight excluding hydrogens is 248 g/mol. The van der Waals surface area contributed by atoms with Gasteiger partial charge < -0.3 is 10.6 Å². The largest absolute Gasteiger partial charge is 0.354 e. The lowest BCUT2D eigenvalue weighted by Gasteiger charge is -2.14. The maximum Gasteiger partial charge on any atom is 0.262 e. The van der Waals surface area contributed by atoms with Gasteiger partial charge in [0.05, 0.1) is 4.88 Å². The molecule has 1 aliphatic heterocycles. The van der Waals surface area contributed by atoms with Crippen molar-refractivity contribution in [3.8, 4) is 0 Å². The number of hydrogen-bond acceptors (Lipinski definition) is 3. The number of amides is 2. The first kappa shape index (κ1) is 13.1. The first-order chi connectivity index (χ1) is 8.58. The fourth-order valence-corrected chi connectivity index (χ4v) is 2.93. The predicted molar refractivity (Wildman–Crippen MR) is 71.9 cm³/mol. The van der Waals surface area contributed by atoms with E-state index in [1.165, 1.54) is 11.3 Å². The standard InChI is InChI=1S/C13H18N2O2S/c1-8-7-11(18-9(8)2)13(17)15-10-5-3-4-6-14-12(10)16/h7,10H,3-6H2,1-2H3,(H,14,16)(H,15,17). The van der Waals surface area contributed by atoms with Crippen molar-refractivity contribution in [2.45, 2.75) is 39.2 Å². The Hall–Kier alpha value is -1.36. The number of thiophene rings is 1. The Balaban J connectivity index is 2.03. The zero-order chi connectivity index (χ0) is 13.1. The summed E-state index contributed by atoms with van der Waals surface area (Å²) in [5.41, 5.74) is 1.12. The number of hydrogen-bond donors (Lipinski definition) is 2. The molecule has 0 aliphatic carbocycles. The van der Waals surface area contributed by atoms with Crippen LogP contribution in [0.4, 0.5) is 0 Å². The van der Waals surface area contributed by atoms with Gasteiger partial charge in [-0.3, -0.25) is 9.59 Å². The first-order valence-corrected chi connectivity index (χ1v) is 7.05. The zero-order valence-corrected chi connectivity index (χ0v) is 11.5. The second kappa shape index (κ2) is 5.52. The van der Waals surface area contributed by atoms with E-state index in [1.54, 1.807) is 0 Å². The third-order valence-corrected chi connectivity index (χ3v) is 4.38. The molecule has 0 aromatic carbocycles. The summed E-state index contributed by atoms with van der Waals surface area (Å²) in [6.45, 7) is 4.69. The van der Waals surface area contributed by atoms with Gasteiger partial charge in [0.2, 0.25) is 5.91 Å². The normalized spacial score (nSPS) is 20.1. The van der Waals surface area contributed by atoms with E-state index in [9.17, 15) is 9.59 Å². The van der Waals surface area contributed by atoms with Gasteiger partial charge in [-0.25, -0.2) is 0 Å². The lowest BCUT2D eigenvalue weighted by molar-refractivity contribution is -0.122. The molecule has 2 rings (SSSR count). The Labute approximate surface area is 111 Å². The lowest BCUT2D eigenvalue weighted by Crippen LogP contribution is -2.45. The molecule has 1 atom stereocenters. The zero-order valence-electron chi connectivity index (χ0n) is 10.7. The van der Waals surface area contributed by atoms with E-state index in [0.29, 0.717) is 11.4 Å². The molecule has 5 heteroatoms. The minimum atomic E-state index is -0.386. The maximum absolute atomic E-state index is 12.1. The van der Waals surface area contributed by atoms with E-state index in [-0.39, 0.29) is 17.9 Å². The number of carbonyl (C=O) groups excluding carboxylic acids is 2. The van der Waals surface area contributed by atoms with Crippen molar-refractivity contribution in [2.75, 3.05) is 6.54 Å². The molecule has 18 heavy (non-hydrogen) atoms. The topological polar surface area (TPSA) is 58.2 Å². The van der Waals surface area contributed by atoms with Crippen LogP contribution in [0.5, 0.6) is 0 Å². The molecule has 1 aliphatic rings. The summed E-state index contributed by atoms with van der Waals surface area (Å²) >= 11 is 1.47. The number of carbonyl (C=O) groups is 2. The Morgan fingerprint density at radius 3 is 2.89 bits per heavy atom. The molecule has 0 spiro atoms. The Morgan fingerprint density at radius 2 is 2.22 bits per heavy atom. The van der Waals surface area contributed by atoms with Crippen LogP contribution in [0, 0.1) is 13.8 Å². The number of aryl methyl sites for hydroxylation is 2. The summed E-state index contributed by atoms with van der Waals surface area (Å²) in [5, 5.41) is 5.64. The molecule has 98 valence electrons. The molecule has 2 heterocycles. The highest BCUT2D eigenvalue weighted by molar-refractivity contribution is 7.14. The maximum atomic E-state index is 12.1. The van der Waals surface area contributed by atoms with Crippen LogP contribution < -0.4 is 10.6 Å². The molecule has 0 saturated carbocycles. The summed E-state index contributed by atoms with van der Waals surface area (Å²) in [4.78, 5) is 25.6. The van der Waals surface area contributed by atoms with Crippen LogP contribution in [0.2, 0.25) is 0 Å². The van der Waals surface area contributed by atoms with Crippen LogP contribution in [-0.4, -0.2) is 24.4 Å². The Bertz CT molecular complexity index is 448. The fraction of sp³-hybridized carbons (Fsp3) is 0.538. The van der Waals surface area contributed by atoms with E-state index in [1.807, 2.05) is 19.9 Å². The quantitative estimate of drug-likeness (QED) is 0.857. The Kier molecular flexibility index (Phi) is 4.01. The predicted octanol–water partition coefficient (Wildman–Crippen LogP) is 1.76. The van der Waals surface area contributed by atoms with E-state index in [0.717, 1.165) is 29.7 Å². The van der Waals surface area contributed by atoms with Crippen molar-refractivity contribution in [1.29, 1.82) is 0 Å². The molecule has 1 aromatic rings. The van der Waals surface area contributed by atoms with Gasteiger partial charge in [-0.15, -0.1) is 11.3 Å². The minimum Gasteiger partial charge on any atom is -0.354 e. The van der Waals surface area contributed by atoms with Gasteiger partial charge in [0, 0.05) is 11.4 Å². The smallest absolute Gasteiger partial charge is 0.262 e. The SMILES string of the molecule is Cc1cc(C(=O)NC2CCCCNC2=O)sc1C. The molecular formula is C13H18N2O2S. The van der Waals surface area contributed by atoms with Crippen molar-refractivity contribution in [1.82, 2.24) is 10.6 Å². The molecule has 1 fully saturated rings. The average molecular weight is 266 g/mol. The van der Waals surface area contributed by atoms with Crippen LogP contribution >= 0.6 is 11.3 Å². The third kappa shape index (κ3) is 2.90. The van der Waals surface area contributed by atoms with Crippen LogP contribution in [0.3, 0.4) is 0 Å². The molecule has 2 N–H and O–H groups in total. The summed E-state index contributed by atoms with van der Waals surface area (Å²) in [6, 6.07) is 1.49. The highest BCUT2D eigenvalue weighted by Crippen LogP contribution is 2.20. The summed E-state index contributed by atoms with van der Waals surface area (Å²) < 4.78 is 0. The van der Waals surface area contributed by atoms with Gasteiger partial charge in [-0.1, -0.05) is 0 Å². The van der Waals surface area contributed by atoms with Gasteiger partial charge in [0.25, 0.3) is 5.91 Å². The highest BCUT2D eigenvalue weighted by atomic mass is 32.1. The van der Waals surface area contributed by atoms with Gasteiger partial charge >= 0.3 is 0 Å². The average Bonchev–Trinajstić information content (AvgIpc) is 2.54. The molecule has 1 aromatic heterocycles. The Morgan fingerprint density at radius 1 is 1.44 bits per heavy atom. The van der Waals surface area contributed by atoms with Crippen molar-refractivity contribution in [3.05, 3.63) is 21.4 Å². The van der Waals surface area contributed by atoms with Crippen LogP contribution in [-0.2, 0) is 4.79 Å². The van der Waals surface area contributed by atoms with E-state index in [4.69, 9.17) is 0 Å². The minimum absolute atomic E-state index is 0.0640. The lowest BCUT2D eigenvalue weighted by atomic mass is 10.1. The van der Waals surface area contributed by atoms with Crippen molar-refractivity contribution >= 4 is 23.2 Å². The van der Waals surface area contributed by atoms with Crippen LogP contribution in [0.15, 0.2) is 6.07 Å². The van der Waals surface area contributed by atoms with Gasteiger partial charge in [-0.2, -0.15) is 0 Å². The molecule has 0 radical (unpaired) electrons. The second-order valence-electron chi connectivity index (χ2n) is 4.66. The first-order valence-electron chi connectivity index (χ1n) is 6.23. The molecule has 4 nitrogen and oxygen atoms in total. The van der Waals surface area contributed by atoms with Crippen LogP contribution in [0.1, 0.15) is 39.4 Å². The van der Waals surface area contributed by atoms with Gasteiger partial charge in [0.15, 0.2) is 0 Å².